The molecule has 0 spiro atoms. The Morgan fingerprint density at radius 2 is 1.85 bits per heavy atom. The SMILES string of the molecule is N#CNC1=NC(c2cccc(COc3cc(F)c(F)c(F)c3)c2)c2c(nc(N)c(C#N)c2N)N1. The molecule has 0 fully saturated rings. The first-order valence-electron chi connectivity index (χ1n) is 9.67. The number of rotatable bonds is 4. The second-order valence-electron chi connectivity index (χ2n) is 7.14. The summed E-state index contributed by atoms with van der Waals surface area (Å²) in [5.74, 6) is -4.25. The summed E-state index contributed by atoms with van der Waals surface area (Å²) in [5, 5.41) is 23.6. The molecule has 4 rings (SSSR count). The van der Waals surface area contributed by atoms with Crippen molar-refractivity contribution in [2.24, 2.45) is 4.99 Å². The first kappa shape index (κ1) is 22.2. The van der Waals surface area contributed by atoms with E-state index in [-0.39, 0.29) is 41.2 Å². The normalized spacial score (nSPS) is 14.1. The predicted molar refractivity (Wildman–Crippen MR) is 117 cm³/mol. The van der Waals surface area contributed by atoms with Crippen LogP contribution in [0.1, 0.15) is 28.3 Å². The third-order valence-corrected chi connectivity index (χ3v) is 4.99. The first-order chi connectivity index (χ1) is 16.3. The summed E-state index contributed by atoms with van der Waals surface area (Å²) < 4.78 is 45.5. The zero-order chi connectivity index (χ0) is 24.4. The van der Waals surface area contributed by atoms with Crippen LogP contribution in [-0.4, -0.2) is 10.9 Å². The molecule has 1 aliphatic heterocycles. The molecule has 3 aromatic rings. The van der Waals surface area contributed by atoms with Gasteiger partial charge in [0.05, 0.1) is 5.69 Å². The lowest BCUT2D eigenvalue weighted by atomic mass is 9.94. The largest absolute Gasteiger partial charge is 0.489 e. The summed E-state index contributed by atoms with van der Waals surface area (Å²) >= 11 is 0. The van der Waals surface area contributed by atoms with E-state index in [2.05, 4.69) is 20.6 Å². The van der Waals surface area contributed by atoms with Crippen molar-refractivity contribution in [1.82, 2.24) is 10.3 Å². The van der Waals surface area contributed by atoms with Gasteiger partial charge in [-0.25, -0.2) is 23.1 Å². The van der Waals surface area contributed by atoms with Gasteiger partial charge in [0.25, 0.3) is 0 Å². The molecular formula is C22H15F3N8O. The van der Waals surface area contributed by atoms with Crippen LogP contribution in [0.4, 0.5) is 30.5 Å². The van der Waals surface area contributed by atoms with Crippen molar-refractivity contribution >= 4 is 23.3 Å². The van der Waals surface area contributed by atoms with Crippen molar-refractivity contribution in [2.45, 2.75) is 12.6 Å². The molecule has 170 valence electrons. The minimum absolute atomic E-state index is 0.00251. The smallest absolute Gasteiger partial charge is 0.211 e. The fraction of sp³-hybridized carbons (Fsp3) is 0.0909. The van der Waals surface area contributed by atoms with Gasteiger partial charge in [-0.15, -0.1) is 0 Å². The summed E-state index contributed by atoms with van der Waals surface area (Å²) in [5.41, 5.74) is 13.7. The van der Waals surface area contributed by atoms with Crippen LogP contribution in [0, 0.1) is 40.2 Å². The number of hydrogen-bond donors (Lipinski definition) is 4. The Labute approximate surface area is 191 Å². The van der Waals surface area contributed by atoms with Crippen molar-refractivity contribution < 1.29 is 17.9 Å². The number of pyridine rings is 1. The number of aliphatic imine (C=N–C) groups is 1. The minimum Gasteiger partial charge on any atom is -0.489 e. The lowest BCUT2D eigenvalue weighted by Gasteiger charge is -2.26. The van der Waals surface area contributed by atoms with E-state index in [4.69, 9.17) is 21.5 Å². The molecule has 0 amide bonds. The number of hydrogen-bond acceptors (Lipinski definition) is 9. The third kappa shape index (κ3) is 4.08. The number of ether oxygens (including phenoxy) is 1. The Bertz CT molecular complexity index is 1390. The highest BCUT2D eigenvalue weighted by atomic mass is 19.2. The van der Waals surface area contributed by atoms with Crippen LogP contribution in [0.5, 0.6) is 5.75 Å². The van der Waals surface area contributed by atoms with Gasteiger partial charge in [0.2, 0.25) is 5.96 Å². The van der Waals surface area contributed by atoms with E-state index in [0.717, 1.165) is 12.1 Å². The molecule has 2 heterocycles. The zero-order valence-electron chi connectivity index (χ0n) is 17.2. The summed E-state index contributed by atoms with van der Waals surface area (Å²) in [6.45, 7) is -0.0951. The molecule has 1 atom stereocenters. The van der Waals surface area contributed by atoms with Crippen molar-refractivity contribution in [3.63, 3.8) is 0 Å². The second kappa shape index (κ2) is 8.88. The van der Waals surface area contributed by atoms with E-state index in [1.54, 1.807) is 30.5 Å². The molecule has 12 heteroatoms. The summed E-state index contributed by atoms with van der Waals surface area (Å²) in [4.78, 5) is 8.64. The molecule has 6 N–H and O–H groups in total. The third-order valence-electron chi connectivity index (χ3n) is 4.99. The Hall–Kier alpha value is -4.97. The standard InChI is InChI=1S/C22H15F3N8O/c23-14-5-12(6-15(24)17(14)25)34-8-10-2-1-3-11(4-10)19-16-18(28)13(7-26)20(29)32-21(16)33-22(31-19)30-9-27/h1-6,19H,8H2,(H6,28,29,30,31,32,33). The molecule has 0 saturated heterocycles. The summed E-state index contributed by atoms with van der Waals surface area (Å²) in [6.07, 6.45) is 1.76. The number of nitrogens with zero attached hydrogens (tertiary/aromatic N) is 4. The van der Waals surface area contributed by atoms with Crippen LogP contribution < -0.4 is 26.8 Å². The van der Waals surface area contributed by atoms with Crippen molar-refractivity contribution in [3.05, 3.63) is 76.1 Å². The zero-order valence-corrected chi connectivity index (χ0v) is 17.2. The Morgan fingerprint density at radius 1 is 1.12 bits per heavy atom. The van der Waals surface area contributed by atoms with Crippen LogP contribution in [0.15, 0.2) is 41.4 Å². The van der Waals surface area contributed by atoms with Crippen LogP contribution in [0.25, 0.3) is 0 Å². The molecule has 34 heavy (non-hydrogen) atoms. The van der Waals surface area contributed by atoms with Crippen LogP contribution >= 0.6 is 0 Å². The molecule has 1 aliphatic rings. The van der Waals surface area contributed by atoms with Crippen molar-refractivity contribution in [1.29, 1.82) is 10.5 Å². The van der Waals surface area contributed by atoms with Gasteiger partial charge in [0, 0.05) is 17.7 Å². The number of aromatic nitrogens is 1. The van der Waals surface area contributed by atoms with Gasteiger partial charge < -0.3 is 21.5 Å². The molecule has 0 aliphatic carbocycles. The molecule has 0 bridgehead atoms. The van der Waals surface area contributed by atoms with Gasteiger partial charge in [0.1, 0.15) is 41.7 Å². The monoisotopic (exact) mass is 464 g/mol. The molecule has 9 nitrogen and oxygen atoms in total. The molecule has 0 saturated carbocycles. The van der Waals surface area contributed by atoms with E-state index in [9.17, 15) is 18.4 Å². The Balaban J connectivity index is 1.70. The second-order valence-corrected chi connectivity index (χ2v) is 7.14. The highest BCUT2D eigenvalue weighted by Crippen LogP contribution is 2.40. The number of anilines is 3. The predicted octanol–water partition coefficient (Wildman–Crippen LogP) is 3.06. The van der Waals surface area contributed by atoms with Gasteiger partial charge >= 0.3 is 0 Å². The number of nitrogens with two attached hydrogens (primary N) is 2. The fourth-order valence-electron chi connectivity index (χ4n) is 3.46. The van der Waals surface area contributed by atoms with Gasteiger partial charge in [0.15, 0.2) is 23.6 Å². The summed E-state index contributed by atoms with van der Waals surface area (Å²) in [6, 6.07) is 9.47. The molecule has 1 aromatic heterocycles. The van der Waals surface area contributed by atoms with E-state index in [1.807, 2.05) is 6.07 Å². The maximum Gasteiger partial charge on any atom is 0.211 e. The molecular weight excluding hydrogens is 449 g/mol. The number of halogens is 3. The van der Waals surface area contributed by atoms with E-state index in [0.29, 0.717) is 16.7 Å². The highest BCUT2D eigenvalue weighted by Gasteiger charge is 2.29. The molecule has 0 radical (unpaired) electrons. The van der Waals surface area contributed by atoms with E-state index < -0.39 is 23.5 Å². The fourth-order valence-corrected chi connectivity index (χ4v) is 3.46. The number of benzene rings is 2. The highest BCUT2D eigenvalue weighted by molar-refractivity contribution is 5.98. The Kier molecular flexibility index (Phi) is 5.80. The molecule has 2 aromatic carbocycles. The van der Waals surface area contributed by atoms with Gasteiger partial charge in [-0.2, -0.15) is 10.5 Å². The average Bonchev–Trinajstić information content (AvgIpc) is 2.81. The van der Waals surface area contributed by atoms with Gasteiger partial charge in [-0.1, -0.05) is 18.2 Å². The average molecular weight is 464 g/mol. The van der Waals surface area contributed by atoms with Gasteiger partial charge in [-0.3, -0.25) is 5.32 Å². The van der Waals surface area contributed by atoms with E-state index in [1.165, 1.54) is 0 Å². The lowest BCUT2D eigenvalue weighted by Crippen LogP contribution is -2.32. The number of guanidine groups is 1. The molecule has 1 unspecified atom stereocenters. The maximum atomic E-state index is 13.4. The van der Waals surface area contributed by atoms with Crippen LogP contribution in [-0.2, 0) is 6.61 Å². The number of nitrogens with one attached hydrogen (secondary N) is 2. The van der Waals surface area contributed by atoms with Gasteiger partial charge in [-0.05, 0) is 17.2 Å². The van der Waals surface area contributed by atoms with Crippen LogP contribution in [0.2, 0.25) is 0 Å². The number of nitriles is 2. The van der Waals surface area contributed by atoms with Crippen molar-refractivity contribution in [2.75, 3.05) is 16.8 Å². The first-order valence-corrected chi connectivity index (χ1v) is 9.67. The topological polar surface area (TPSA) is 158 Å². The quantitative estimate of drug-likeness (QED) is 0.261. The lowest BCUT2D eigenvalue weighted by molar-refractivity contribution is 0.299. The number of nitrogen functional groups attached to an aromatic ring is 2. The van der Waals surface area contributed by atoms with Crippen LogP contribution in [0.3, 0.4) is 0 Å². The van der Waals surface area contributed by atoms with Crippen molar-refractivity contribution in [3.8, 4) is 18.0 Å². The maximum absolute atomic E-state index is 13.4. The minimum atomic E-state index is -1.58. The number of fused-ring (bicyclic) bond motifs is 1. The summed E-state index contributed by atoms with van der Waals surface area (Å²) in [7, 11) is 0. The van der Waals surface area contributed by atoms with E-state index >= 15 is 0 Å². The Morgan fingerprint density at radius 3 is 2.53 bits per heavy atom.